The second kappa shape index (κ2) is 4.62. The maximum Gasteiger partial charge on any atom is 0.262 e. The van der Waals surface area contributed by atoms with E-state index in [1.165, 1.54) is 0 Å². The van der Waals surface area contributed by atoms with Gasteiger partial charge in [0.1, 0.15) is 11.2 Å². The van der Waals surface area contributed by atoms with Gasteiger partial charge >= 0.3 is 0 Å². The van der Waals surface area contributed by atoms with Crippen LogP contribution in [0.2, 0.25) is 0 Å². The highest BCUT2D eigenvalue weighted by atomic mass is 79.9. The van der Waals surface area contributed by atoms with Crippen LogP contribution in [0.25, 0.3) is 11.0 Å². The van der Waals surface area contributed by atoms with Crippen LogP contribution in [0, 0.1) is 6.92 Å². The standard InChI is InChI=1S/C13H11BrN4O/c1-8-16-12-11(13(19)17-8)6-15-18(12)7-9-2-4-10(14)5-3-9/h2-6H,7H2,1H3,(H,16,17,19). The third kappa shape index (κ3) is 2.31. The van der Waals surface area contributed by atoms with Crippen LogP contribution in [0.3, 0.4) is 0 Å². The highest BCUT2D eigenvalue weighted by Crippen LogP contribution is 2.13. The molecule has 3 rings (SSSR count). The molecule has 0 aliphatic carbocycles. The molecule has 0 aliphatic rings. The quantitative estimate of drug-likeness (QED) is 0.788. The average molecular weight is 319 g/mol. The Hall–Kier alpha value is -1.95. The van der Waals surface area contributed by atoms with Crippen molar-refractivity contribution in [1.82, 2.24) is 19.7 Å². The molecule has 96 valence electrons. The van der Waals surface area contributed by atoms with Crippen molar-refractivity contribution in [3.63, 3.8) is 0 Å². The summed E-state index contributed by atoms with van der Waals surface area (Å²) in [7, 11) is 0. The summed E-state index contributed by atoms with van der Waals surface area (Å²) in [6.45, 7) is 2.35. The molecule has 0 amide bonds. The maximum absolute atomic E-state index is 11.8. The number of aryl methyl sites for hydroxylation is 1. The fourth-order valence-corrected chi connectivity index (χ4v) is 2.22. The highest BCUT2D eigenvalue weighted by Gasteiger charge is 2.08. The van der Waals surface area contributed by atoms with E-state index in [0.29, 0.717) is 23.4 Å². The lowest BCUT2D eigenvalue weighted by molar-refractivity contribution is 0.702. The molecular weight excluding hydrogens is 308 g/mol. The van der Waals surface area contributed by atoms with E-state index in [1.807, 2.05) is 24.3 Å². The van der Waals surface area contributed by atoms with Crippen LogP contribution in [0.1, 0.15) is 11.4 Å². The summed E-state index contributed by atoms with van der Waals surface area (Å²) < 4.78 is 2.77. The Kier molecular flexibility index (Phi) is 2.94. The largest absolute Gasteiger partial charge is 0.310 e. The molecule has 0 unspecified atom stereocenters. The molecule has 19 heavy (non-hydrogen) atoms. The molecular formula is C13H11BrN4O. The lowest BCUT2D eigenvalue weighted by Gasteiger charge is -2.03. The van der Waals surface area contributed by atoms with Gasteiger partial charge in [0.2, 0.25) is 0 Å². The minimum absolute atomic E-state index is 0.149. The number of nitrogens with one attached hydrogen (secondary N) is 1. The molecule has 6 heteroatoms. The number of aromatic amines is 1. The van der Waals surface area contributed by atoms with Crippen molar-refractivity contribution >= 4 is 27.0 Å². The smallest absolute Gasteiger partial charge is 0.262 e. The van der Waals surface area contributed by atoms with Crippen LogP contribution >= 0.6 is 15.9 Å². The fraction of sp³-hybridized carbons (Fsp3) is 0.154. The van der Waals surface area contributed by atoms with Gasteiger partial charge in [-0.05, 0) is 24.6 Å². The molecule has 1 N–H and O–H groups in total. The van der Waals surface area contributed by atoms with Crippen molar-refractivity contribution in [3.05, 3.63) is 56.7 Å². The Bertz CT molecular complexity index is 789. The lowest BCUT2D eigenvalue weighted by Crippen LogP contribution is -2.11. The summed E-state index contributed by atoms with van der Waals surface area (Å²) in [5.41, 5.74) is 1.57. The summed E-state index contributed by atoms with van der Waals surface area (Å²) in [5, 5.41) is 4.75. The summed E-state index contributed by atoms with van der Waals surface area (Å²) in [6, 6.07) is 7.98. The Morgan fingerprint density at radius 1 is 1.32 bits per heavy atom. The molecule has 1 aromatic carbocycles. The molecule has 0 spiro atoms. The van der Waals surface area contributed by atoms with Crippen molar-refractivity contribution in [3.8, 4) is 0 Å². The van der Waals surface area contributed by atoms with Crippen molar-refractivity contribution in [2.75, 3.05) is 0 Å². The third-order valence-electron chi connectivity index (χ3n) is 2.87. The van der Waals surface area contributed by atoms with Gasteiger partial charge in [-0.2, -0.15) is 5.10 Å². The van der Waals surface area contributed by atoms with E-state index in [9.17, 15) is 4.79 Å². The summed E-state index contributed by atoms with van der Waals surface area (Å²) in [4.78, 5) is 18.8. The first-order chi connectivity index (χ1) is 9.13. The molecule has 3 aromatic rings. The van der Waals surface area contributed by atoms with Crippen LogP contribution < -0.4 is 5.56 Å². The van der Waals surface area contributed by atoms with Gasteiger partial charge in [-0.25, -0.2) is 9.67 Å². The van der Waals surface area contributed by atoms with Gasteiger partial charge in [0.15, 0.2) is 5.65 Å². The molecule has 0 saturated heterocycles. The zero-order valence-corrected chi connectivity index (χ0v) is 11.8. The van der Waals surface area contributed by atoms with E-state index in [0.717, 1.165) is 10.0 Å². The van der Waals surface area contributed by atoms with Gasteiger partial charge in [0.25, 0.3) is 5.56 Å². The van der Waals surface area contributed by atoms with E-state index < -0.39 is 0 Å². The van der Waals surface area contributed by atoms with Gasteiger partial charge in [-0.3, -0.25) is 4.79 Å². The van der Waals surface area contributed by atoms with Gasteiger partial charge in [0, 0.05) is 4.47 Å². The molecule has 0 saturated carbocycles. The van der Waals surface area contributed by atoms with Crippen molar-refractivity contribution in [2.45, 2.75) is 13.5 Å². The van der Waals surface area contributed by atoms with Crippen molar-refractivity contribution in [2.24, 2.45) is 0 Å². The van der Waals surface area contributed by atoms with E-state index >= 15 is 0 Å². The normalized spacial score (nSPS) is 11.1. The number of benzene rings is 1. The number of nitrogens with zero attached hydrogens (tertiary/aromatic N) is 3. The number of H-pyrrole nitrogens is 1. The van der Waals surface area contributed by atoms with Crippen LogP contribution in [-0.2, 0) is 6.54 Å². The molecule has 2 heterocycles. The molecule has 5 nitrogen and oxygen atoms in total. The number of hydrogen-bond acceptors (Lipinski definition) is 3. The Morgan fingerprint density at radius 2 is 2.05 bits per heavy atom. The minimum Gasteiger partial charge on any atom is -0.310 e. The summed E-state index contributed by atoms with van der Waals surface area (Å²) in [5.74, 6) is 0.593. The number of hydrogen-bond donors (Lipinski definition) is 1. The Morgan fingerprint density at radius 3 is 2.79 bits per heavy atom. The zero-order chi connectivity index (χ0) is 13.4. The highest BCUT2D eigenvalue weighted by molar-refractivity contribution is 9.10. The first-order valence-electron chi connectivity index (χ1n) is 5.80. The lowest BCUT2D eigenvalue weighted by atomic mass is 10.2. The van der Waals surface area contributed by atoms with Crippen LogP contribution in [0.4, 0.5) is 0 Å². The van der Waals surface area contributed by atoms with E-state index in [4.69, 9.17) is 0 Å². The number of rotatable bonds is 2. The molecule has 0 atom stereocenters. The molecule has 0 radical (unpaired) electrons. The van der Waals surface area contributed by atoms with Gasteiger partial charge < -0.3 is 4.98 Å². The molecule has 0 fully saturated rings. The zero-order valence-electron chi connectivity index (χ0n) is 10.2. The van der Waals surface area contributed by atoms with E-state index in [-0.39, 0.29) is 5.56 Å². The average Bonchev–Trinajstić information content (AvgIpc) is 2.76. The topological polar surface area (TPSA) is 63.6 Å². The van der Waals surface area contributed by atoms with Gasteiger partial charge in [-0.15, -0.1) is 0 Å². The Balaban J connectivity index is 2.06. The first kappa shape index (κ1) is 12.1. The van der Waals surface area contributed by atoms with Crippen LogP contribution in [-0.4, -0.2) is 19.7 Å². The van der Waals surface area contributed by atoms with Crippen molar-refractivity contribution < 1.29 is 0 Å². The maximum atomic E-state index is 11.8. The molecule has 0 bridgehead atoms. The predicted molar refractivity (Wildman–Crippen MR) is 76.1 cm³/mol. The third-order valence-corrected chi connectivity index (χ3v) is 3.40. The monoisotopic (exact) mass is 318 g/mol. The second-order valence-corrected chi connectivity index (χ2v) is 5.23. The van der Waals surface area contributed by atoms with Gasteiger partial charge in [-0.1, -0.05) is 28.1 Å². The number of aromatic nitrogens is 4. The van der Waals surface area contributed by atoms with Crippen molar-refractivity contribution in [1.29, 1.82) is 0 Å². The first-order valence-corrected chi connectivity index (χ1v) is 6.59. The molecule has 0 aliphatic heterocycles. The van der Waals surface area contributed by atoms with Crippen LogP contribution in [0.5, 0.6) is 0 Å². The van der Waals surface area contributed by atoms with E-state index in [1.54, 1.807) is 17.8 Å². The fourth-order valence-electron chi connectivity index (χ4n) is 1.95. The summed E-state index contributed by atoms with van der Waals surface area (Å²) >= 11 is 3.40. The second-order valence-electron chi connectivity index (χ2n) is 4.32. The van der Waals surface area contributed by atoms with Crippen LogP contribution in [0.15, 0.2) is 39.7 Å². The van der Waals surface area contributed by atoms with E-state index in [2.05, 4.69) is 31.0 Å². The minimum atomic E-state index is -0.149. The molecule has 2 aromatic heterocycles. The SMILES string of the molecule is Cc1nc2c(cnn2Cc2ccc(Br)cc2)c(=O)[nH]1. The number of halogens is 1. The number of fused-ring (bicyclic) bond motifs is 1. The summed E-state index contributed by atoms with van der Waals surface area (Å²) in [6.07, 6.45) is 1.56. The van der Waals surface area contributed by atoms with Gasteiger partial charge in [0.05, 0.1) is 12.7 Å². The Labute approximate surface area is 117 Å². The predicted octanol–water partition coefficient (Wildman–Crippen LogP) is 2.24.